The van der Waals surface area contributed by atoms with Gasteiger partial charge < -0.3 is 4.57 Å². The van der Waals surface area contributed by atoms with Crippen molar-refractivity contribution < 1.29 is 4.79 Å². The van der Waals surface area contributed by atoms with E-state index in [9.17, 15) is 4.79 Å². The Morgan fingerprint density at radius 1 is 1.23 bits per heavy atom. The number of nitrogens with one attached hydrogen (secondary N) is 1. The number of hydrogen-bond acceptors (Lipinski definition) is 4. The maximum Gasteiger partial charge on any atom is 0.209 e. The van der Waals surface area contributed by atoms with E-state index in [-0.39, 0.29) is 5.78 Å². The minimum absolute atomic E-state index is 0.136. The summed E-state index contributed by atoms with van der Waals surface area (Å²) in [7, 11) is 0. The van der Waals surface area contributed by atoms with Gasteiger partial charge in [-0.25, -0.2) is 4.98 Å². The monoisotopic (exact) mass is 366 g/mol. The van der Waals surface area contributed by atoms with E-state index >= 15 is 0 Å². The summed E-state index contributed by atoms with van der Waals surface area (Å²) in [6.45, 7) is 6.18. The summed E-state index contributed by atoms with van der Waals surface area (Å²) in [5.74, 6) is 1.21. The highest BCUT2D eigenvalue weighted by Crippen LogP contribution is 2.38. The van der Waals surface area contributed by atoms with E-state index in [4.69, 9.17) is 0 Å². The molecule has 2 heterocycles. The topological polar surface area (TPSA) is 63.6 Å². The van der Waals surface area contributed by atoms with Crippen LogP contribution in [0, 0.1) is 20.8 Å². The van der Waals surface area contributed by atoms with Gasteiger partial charge in [-0.3, -0.25) is 9.89 Å². The van der Waals surface area contributed by atoms with Crippen LogP contribution < -0.4 is 0 Å². The van der Waals surface area contributed by atoms with E-state index < -0.39 is 0 Å². The Morgan fingerprint density at radius 3 is 2.65 bits per heavy atom. The van der Waals surface area contributed by atoms with Gasteiger partial charge in [0.15, 0.2) is 11.6 Å². The number of rotatable bonds is 6. The summed E-state index contributed by atoms with van der Waals surface area (Å²) in [4.78, 5) is 17.2. The lowest BCUT2D eigenvalue weighted by atomic mass is 10.1. The number of ketones is 1. The number of H-pyrrole nitrogens is 1. The Labute approximate surface area is 157 Å². The first kappa shape index (κ1) is 17.1. The molecule has 0 aliphatic heterocycles. The molecule has 3 aromatic rings. The third-order valence-corrected chi connectivity index (χ3v) is 5.67. The number of benzene rings is 1. The van der Waals surface area contributed by atoms with Crippen LogP contribution in [0.3, 0.4) is 0 Å². The fourth-order valence-electron chi connectivity index (χ4n) is 3.31. The lowest BCUT2D eigenvalue weighted by Gasteiger charge is -2.07. The molecule has 4 rings (SSSR count). The quantitative estimate of drug-likeness (QED) is 0.515. The van der Waals surface area contributed by atoms with Crippen molar-refractivity contribution in [3.05, 3.63) is 52.8 Å². The number of thioether (sulfide) groups is 1. The number of carbonyl (C=O) groups is 1. The predicted octanol–water partition coefficient (Wildman–Crippen LogP) is 4.51. The zero-order valence-electron chi connectivity index (χ0n) is 15.2. The van der Waals surface area contributed by atoms with Crippen LogP contribution in [0.5, 0.6) is 0 Å². The summed E-state index contributed by atoms with van der Waals surface area (Å²) in [5.41, 5.74) is 5.30. The maximum atomic E-state index is 12.7. The molecule has 1 aromatic carbocycles. The van der Waals surface area contributed by atoms with Crippen LogP contribution in [0.15, 0.2) is 35.5 Å². The minimum atomic E-state index is 0.136. The normalized spacial score (nSPS) is 14.0. The predicted molar refractivity (Wildman–Crippen MR) is 104 cm³/mol. The molecular formula is C20H22N4OS. The van der Waals surface area contributed by atoms with Crippen molar-refractivity contribution in [3.63, 3.8) is 0 Å². The van der Waals surface area contributed by atoms with Crippen molar-refractivity contribution in [2.45, 2.75) is 44.8 Å². The lowest BCUT2D eigenvalue weighted by molar-refractivity contribution is 0.102. The summed E-state index contributed by atoms with van der Waals surface area (Å²) < 4.78 is 2.31. The van der Waals surface area contributed by atoms with Crippen molar-refractivity contribution in [1.29, 1.82) is 0 Å². The molecule has 1 aliphatic rings. The Hall–Kier alpha value is -2.34. The van der Waals surface area contributed by atoms with Gasteiger partial charge in [0.25, 0.3) is 0 Å². The van der Waals surface area contributed by atoms with Crippen LogP contribution in [0.2, 0.25) is 0 Å². The summed E-state index contributed by atoms with van der Waals surface area (Å²) in [6, 6.07) is 10.7. The van der Waals surface area contributed by atoms with E-state index in [1.807, 2.05) is 37.3 Å². The second-order valence-electron chi connectivity index (χ2n) is 6.93. The van der Waals surface area contributed by atoms with Gasteiger partial charge in [-0.2, -0.15) is 0 Å². The van der Waals surface area contributed by atoms with E-state index in [0.717, 1.165) is 22.6 Å². The first-order chi connectivity index (χ1) is 12.5. The molecule has 1 saturated carbocycles. The largest absolute Gasteiger partial charge is 0.345 e. The molecule has 1 aliphatic carbocycles. The van der Waals surface area contributed by atoms with Crippen molar-refractivity contribution >= 4 is 17.5 Å². The third kappa shape index (κ3) is 3.33. The van der Waals surface area contributed by atoms with E-state index in [2.05, 4.69) is 33.6 Å². The molecule has 26 heavy (non-hydrogen) atoms. The van der Waals surface area contributed by atoms with Gasteiger partial charge in [0, 0.05) is 28.6 Å². The van der Waals surface area contributed by atoms with E-state index in [0.29, 0.717) is 17.0 Å². The van der Waals surface area contributed by atoms with Crippen LogP contribution in [0.25, 0.3) is 11.4 Å². The van der Waals surface area contributed by atoms with Crippen molar-refractivity contribution in [2.24, 2.45) is 0 Å². The highest BCUT2D eigenvalue weighted by molar-refractivity contribution is 7.99. The lowest BCUT2D eigenvalue weighted by Crippen LogP contribution is -2.06. The van der Waals surface area contributed by atoms with Crippen molar-refractivity contribution in [1.82, 2.24) is 19.7 Å². The van der Waals surface area contributed by atoms with Crippen molar-refractivity contribution in [2.75, 3.05) is 5.75 Å². The van der Waals surface area contributed by atoms with Gasteiger partial charge >= 0.3 is 0 Å². The molecule has 0 saturated heterocycles. The van der Waals surface area contributed by atoms with Crippen LogP contribution in [-0.2, 0) is 0 Å². The third-order valence-electron chi connectivity index (χ3n) is 4.82. The zero-order chi connectivity index (χ0) is 18.3. The first-order valence-electron chi connectivity index (χ1n) is 8.87. The number of aromatic amines is 1. The number of nitrogens with zero attached hydrogens (tertiary/aromatic N) is 3. The van der Waals surface area contributed by atoms with E-state index in [1.165, 1.54) is 35.9 Å². The smallest absolute Gasteiger partial charge is 0.209 e. The molecule has 1 N–H and O–H groups in total. The second kappa shape index (κ2) is 6.76. The molecule has 1 fully saturated rings. The molecule has 0 atom stereocenters. The number of aryl methyl sites for hydroxylation is 2. The van der Waals surface area contributed by atoms with Gasteiger partial charge in [-0.05, 0) is 39.7 Å². The number of Topliss-reactive ketones (excluding diaryl/α,β-unsaturated/α-hetero) is 1. The minimum Gasteiger partial charge on any atom is -0.345 e. The average Bonchev–Trinajstić information content (AvgIpc) is 3.26. The van der Waals surface area contributed by atoms with Crippen LogP contribution in [0.1, 0.15) is 46.2 Å². The highest BCUT2D eigenvalue weighted by Gasteiger charge is 2.28. The average molecular weight is 366 g/mol. The summed E-state index contributed by atoms with van der Waals surface area (Å²) in [6.07, 6.45) is 2.44. The van der Waals surface area contributed by atoms with Gasteiger partial charge in [0.05, 0.1) is 5.75 Å². The molecule has 0 spiro atoms. The molecule has 0 radical (unpaired) electrons. The second-order valence-corrected chi connectivity index (χ2v) is 7.87. The first-order valence-corrected chi connectivity index (χ1v) is 9.85. The molecule has 5 nitrogen and oxygen atoms in total. The molecule has 134 valence electrons. The Bertz CT molecular complexity index is 951. The molecule has 2 aromatic heterocycles. The summed E-state index contributed by atoms with van der Waals surface area (Å²) >= 11 is 1.38. The molecule has 0 unspecified atom stereocenters. The maximum absolute atomic E-state index is 12.7. The SMILES string of the molecule is Cc1ccc(-c2nc(SCC(=O)c3cc(C)n(C4CC4)c3C)n[nH]2)cc1. The zero-order valence-corrected chi connectivity index (χ0v) is 16.1. The van der Waals surface area contributed by atoms with Gasteiger partial charge in [0.1, 0.15) is 0 Å². The summed E-state index contributed by atoms with van der Waals surface area (Å²) in [5, 5.41) is 7.79. The van der Waals surface area contributed by atoms with Gasteiger partial charge in [0.2, 0.25) is 5.16 Å². The Morgan fingerprint density at radius 2 is 1.96 bits per heavy atom. The Balaban J connectivity index is 1.44. The number of hydrogen-bond donors (Lipinski definition) is 1. The van der Waals surface area contributed by atoms with Crippen LogP contribution in [0.4, 0.5) is 0 Å². The molecule has 6 heteroatoms. The molecule has 0 bridgehead atoms. The fraction of sp³-hybridized carbons (Fsp3) is 0.350. The van der Waals surface area contributed by atoms with Crippen LogP contribution in [-0.4, -0.2) is 31.3 Å². The van der Waals surface area contributed by atoms with Gasteiger partial charge in [-0.15, -0.1) is 5.10 Å². The number of aromatic nitrogens is 4. The molecular weight excluding hydrogens is 344 g/mol. The molecule has 0 amide bonds. The van der Waals surface area contributed by atoms with E-state index in [1.54, 1.807) is 0 Å². The van der Waals surface area contributed by atoms with Crippen LogP contribution >= 0.6 is 11.8 Å². The van der Waals surface area contributed by atoms with Gasteiger partial charge in [-0.1, -0.05) is 41.6 Å². The van der Waals surface area contributed by atoms with Crippen molar-refractivity contribution in [3.8, 4) is 11.4 Å². The highest BCUT2D eigenvalue weighted by atomic mass is 32.2. The Kier molecular flexibility index (Phi) is 4.44. The standard InChI is InChI=1S/C20H22N4OS/c1-12-4-6-15(7-5-12)19-21-20(23-22-19)26-11-18(25)17-10-13(2)24(14(17)3)16-8-9-16/h4-7,10,16H,8-9,11H2,1-3H3,(H,21,22,23). The fourth-order valence-corrected chi connectivity index (χ4v) is 4.00. The number of carbonyl (C=O) groups excluding carboxylic acids is 1.